The number of carbonyl (C=O) groups is 1. The van der Waals surface area contributed by atoms with Crippen molar-refractivity contribution in [3.63, 3.8) is 0 Å². The molecule has 1 fully saturated rings. The van der Waals surface area contributed by atoms with E-state index < -0.39 is 0 Å². The van der Waals surface area contributed by atoms with E-state index in [1.807, 2.05) is 0 Å². The molecule has 0 spiro atoms. The Kier molecular flexibility index (Phi) is 3.87. The lowest BCUT2D eigenvalue weighted by molar-refractivity contribution is -0.131. The quantitative estimate of drug-likeness (QED) is 0.692. The molecule has 0 N–H and O–H groups in total. The lowest BCUT2D eigenvalue weighted by atomic mass is 10.1. The van der Waals surface area contributed by atoms with Crippen molar-refractivity contribution >= 4 is 15.9 Å². The molecule has 1 heterocycles. The molecule has 0 bridgehead atoms. The van der Waals surface area contributed by atoms with Crippen LogP contribution in [0, 0.1) is 5.92 Å². The molecule has 1 saturated heterocycles. The normalized spacial score (nSPS) is 23.6. The summed E-state index contributed by atoms with van der Waals surface area (Å²) in [5.74, 6) is 3.31. The highest BCUT2D eigenvalue weighted by Crippen LogP contribution is 2.41. The molecule has 84 valence electrons. The van der Waals surface area contributed by atoms with Gasteiger partial charge in [-0.05, 0) is 29.9 Å². The van der Waals surface area contributed by atoms with Crippen LogP contribution in [0.1, 0.15) is 20.3 Å². The van der Waals surface area contributed by atoms with E-state index in [1.54, 1.807) is 0 Å². The molecule has 1 amide bonds. The van der Waals surface area contributed by atoms with Gasteiger partial charge in [-0.1, -0.05) is 13.8 Å². The van der Waals surface area contributed by atoms with Gasteiger partial charge in [0.15, 0.2) is 0 Å². The van der Waals surface area contributed by atoms with Crippen LogP contribution in [0.3, 0.4) is 0 Å². The van der Waals surface area contributed by atoms with E-state index >= 15 is 0 Å². The number of hydrogen-bond donors (Lipinski definition) is 0. The Morgan fingerprint density at radius 1 is 1.29 bits per heavy atom. The number of hydrogen-bond acceptors (Lipinski definition) is 1. The fourth-order valence-corrected chi connectivity index (χ4v) is 3.29. The Morgan fingerprint density at radius 2 is 1.79 bits per heavy atom. The van der Waals surface area contributed by atoms with Crippen LogP contribution in [-0.2, 0) is 4.79 Å². The Bertz CT molecular complexity index is 203. The van der Waals surface area contributed by atoms with Gasteiger partial charge in [0.05, 0.1) is 0 Å². The van der Waals surface area contributed by atoms with Crippen LogP contribution in [-0.4, -0.2) is 47.9 Å². The highest BCUT2D eigenvalue weighted by molar-refractivity contribution is 8.32. The predicted molar refractivity (Wildman–Crippen MR) is 65.2 cm³/mol. The van der Waals surface area contributed by atoms with Crippen LogP contribution in [0.4, 0.5) is 0 Å². The van der Waals surface area contributed by atoms with Crippen molar-refractivity contribution in [1.82, 2.24) is 4.90 Å². The van der Waals surface area contributed by atoms with Crippen molar-refractivity contribution in [1.29, 1.82) is 0 Å². The number of amides is 1. The van der Waals surface area contributed by atoms with Crippen molar-refractivity contribution in [2.75, 3.05) is 37.1 Å². The van der Waals surface area contributed by atoms with Crippen molar-refractivity contribution in [3.05, 3.63) is 0 Å². The van der Waals surface area contributed by atoms with Gasteiger partial charge in [-0.15, -0.1) is 0 Å². The van der Waals surface area contributed by atoms with Gasteiger partial charge in [0.1, 0.15) is 0 Å². The minimum absolute atomic E-state index is 0.356. The smallest absolute Gasteiger partial charge is 0.222 e. The van der Waals surface area contributed by atoms with Crippen molar-refractivity contribution in [2.45, 2.75) is 20.3 Å². The molecule has 0 aromatic carbocycles. The molecule has 1 aliphatic heterocycles. The predicted octanol–water partition coefficient (Wildman–Crippen LogP) is 1.94. The van der Waals surface area contributed by atoms with Gasteiger partial charge >= 0.3 is 0 Å². The van der Waals surface area contributed by atoms with E-state index in [4.69, 9.17) is 0 Å². The fraction of sp³-hybridized carbons (Fsp3) is 0.909. The second-order valence-corrected chi connectivity index (χ2v) is 9.50. The van der Waals surface area contributed by atoms with E-state index in [0.717, 1.165) is 19.5 Å². The molecule has 1 aliphatic rings. The monoisotopic (exact) mass is 217 g/mol. The van der Waals surface area contributed by atoms with Crippen LogP contribution in [0.25, 0.3) is 0 Å². The molecule has 0 unspecified atom stereocenters. The summed E-state index contributed by atoms with van der Waals surface area (Å²) in [6.45, 7) is 6.20. The first-order chi connectivity index (χ1) is 6.41. The van der Waals surface area contributed by atoms with Crippen molar-refractivity contribution < 1.29 is 4.79 Å². The molecule has 0 saturated carbocycles. The largest absolute Gasteiger partial charge is 0.341 e. The summed E-state index contributed by atoms with van der Waals surface area (Å²) in [5, 5.41) is 0. The fourth-order valence-electron chi connectivity index (χ4n) is 1.66. The highest BCUT2D eigenvalue weighted by atomic mass is 32.3. The molecule has 0 aromatic heterocycles. The molecule has 0 atom stereocenters. The topological polar surface area (TPSA) is 20.3 Å². The zero-order chi connectivity index (χ0) is 10.8. The third-order valence-corrected chi connectivity index (χ3v) is 5.34. The average Bonchev–Trinajstić information content (AvgIpc) is 2.02. The molecule has 14 heavy (non-hydrogen) atoms. The molecule has 0 radical (unpaired) electrons. The van der Waals surface area contributed by atoms with Gasteiger partial charge in [0.25, 0.3) is 0 Å². The summed E-state index contributed by atoms with van der Waals surface area (Å²) in [4.78, 5) is 13.8. The van der Waals surface area contributed by atoms with Gasteiger partial charge in [-0.2, -0.15) is 0 Å². The maximum atomic E-state index is 11.8. The molecule has 3 heteroatoms. The summed E-state index contributed by atoms with van der Waals surface area (Å²) < 4.78 is 0. The summed E-state index contributed by atoms with van der Waals surface area (Å²) >= 11 is 0. The second kappa shape index (κ2) is 4.56. The first-order valence-electron chi connectivity index (χ1n) is 5.37. The number of rotatable bonds is 2. The molecule has 1 rings (SSSR count). The Balaban J connectivity index is 2.38. The number of nitrogens with zero attached hydrogens (tertiary/aromatic N) is 1. The Morgan fingerprint density at radius 3 is 2.21 bits per heavy atom. The third kappa shape index (κ3) is 3.52. The zero-order valence-electron chi connectivity index (χ0n) is 9.88. The van der Waals surface area contributed by atoms with Gasteiger partial charge in [-0.3, -0.25) is 4.79 Å². The van der Waals surface area contributed by atoms with Crippen molar-refractivity contribution in [3.8, 4) is 0 Å². The summed E-state index contributed by atoms with van der Waals surface area (Å²) in [7, 11) is -0.372. The minimum atomic E-state index is -0.372. The van der Waals surface area contributed by atoms with Crippen LogP contribution >= 0.6 is 10.0 Å². The molecule has 0 aromatic rings. The maximum absolute atomic E-state index is 11.8. The van der Waals surface area contributed by atoms with E-state index in [-0.39, 0.29) is 10.0 Å². The molecular weight excluding hydrogens is 194 g/mol. The van der Waals surface area contributed by atoms with Crippen LogP contribution in [0.5, 0.6) is 0 Å². The highest BCUT2D eigenvalue weighted by Gasteiger charge is 2.24. The van der Waals surface area contributed by atoms with Crippen LogP contribution < -0.4 is 0 Å². The molecule has 2 nitrogen and oxygen atoms in total. The van der Waals surface area contributed by atoms with Crippen LogP contribution in [0.15, 0.2) is 0 Å². The summed E-state index contributed by atoms with van der Waals surface area (Å²) in [5.41, 5.74) is 0. The first-order valence-corrected chi connectivity index (χ1v) is 8.16. The van der Waals surface area contributed by atoms with Gasteiger partial charge in [0.2, 0.25) is 5.91 Å². The van der Waals surface area contributed by atoms with Gasteiger partial charge < -0.3 is 4.90 Å². The zero-order valence-corrected chi connectivity index (χ0v) is 10.7. The minimum Gasteiger partial charge on any atom is -0.341 e. The number of carbonyl (C=O) groups excluding carboxylic acids is 1. The van der Waals surface area contributed by atoms with Crippen LogP contribution in [0.2, 0.25) is 0 Å². The van der Waals surface area contributed by atoms with E-state index in [0.29, 0.717) is 11.8 Å². The molecule has 0 aliphatic carbocycles. The SMILES string of the molecule is CC(C)CC(=O)N1CCS(C)(C)CC1. The first kappa shape index (κ1) is 11.9. The van der Waals surface area contributed by atoms with Gasteiger partial charge in [0, 0.05) is 19.5 Å². The lowest BCUT2D eigenvalue weighted by Gasteiger charge is -2.41. The molecular formula is C11H23NOS. The lowest BCUT2D eigenvalue weighted by Crippen LogP contribution is -2.42. The summed E-state index contributed by atoms with van der Waals surface area (Å²) in [6, 6.07) is 0. The van der Waals surface area contributed by atoms with E-state index in [2.05, 4.69) is 31.3 Å². The second-order valence-electron chi connectivity index (χ2n) is 5.15. The maximum Gasteiger partial charge on any atom is 0.222 e. The Hall–Kier alpha value is -0.180. The van der Waals surface area contributed by atoms with E-state index in [1.165, 1.54) is 11.5 Å². The average molecular weight is 217 g/mol. The van der Waals surface area contributed by atoms with E-state index in [9.17, 15) is 4.79 Å². The summed E-state index contributed by atoms with van der Waals surface area (Å²) in [6.07, 6.45) is 5.46. The standard InChI is InChI=1S/C11H23NOS/c1-10(2)9-11(13)12-5-7-14(3,4)8-6-12/h10H,5-9H2,1-4H3. The third-order valence-electron chi connectivity index (χ3n) is 2.76. The van der Waals surface area contributed by atoms with Gasteiger partial charge in [-0.25, -0.2) is 10.0 Å². The van der Waals surface area contributed by atoms with Crippen molar-refractivity contribution in [2.24, 2.45) is 5.92 Å². The Labute approximate surface area is 89.4 Å².